The van der Waals surface area contributed by atoms with Crippen molar-refractivity contribution in [1.29, 1.82) is 0 Å². The minimum atomic E-state index is -1.02. The van der Waals surface area contributed by atoms with E-state index in [1.54, 1.807) is 12.1 Å². The van der Waals surface area contributed by atoms with E-state index in [-0.39, 0.29) is 0 Å². The van der Waals surface area contributed by atoms with Gasteiger partial charge < -0.3 is 21.7 Å². The number of carboxylic acid groups (broad SMARTS) is 2. The number of benzene rings is 2. The van der Waals surface area contributed by atoms with Crippen molar-refractivity contribution in [2.45, 2.75) is 139 Å². The van der Waals surface area contributed by atoms with Crippen LogP contribution in [-0.4, -0.2) is 34.2 Å². The fourth-order valence-electron chi connectivity index (χ4n) is 5.49. The number of hydrogen-bond acceptors (Lipinski definition) is 6. The molecule has 2 aliphatic carbocycles. The molecule has 4 unspecified atom stereocenters. The van der Waals surface area contributed by atoms with Crippen molar-refractivity contribution in [2.24, 2.45) is 11.5 Å². The summed E-state index contributed by atoms with van der Waals surface area (Å²) in [6.07, 6.45) is 13.8. The van der Waals surface area contributed by atoms with Crippen molar-refractivity contribution in [2.75, 3.05) is 0 Å². The van der Waals surface area contributed by atoms with Gasteiger partial charge in [0, 0.05) is 22.1 Å². The first-order valence-corrected chi connectivity index (χ1v) is 19.8. The van der Waals surface area contributed by atoms with Gasteiger partial charge in [0.25, 0.3) is 0 Å². The van der Waals surface area contributed by atoms with Gasteiger partial charge in [0.2, 0.25) is 0 Å². The van der Waals surface area contributed by atoms with Gasteiger partial charge in [-0.05, 0) is 98.6 Å². The quantitative estimate of drug-likeness (QED) is 0.170. The lowest BCUT2D eigenvalue weighted by molar-refractivity contribution is -0.137. The Balaban J connectivity index is 0.000000642. The molecule has 258 valence electrons. The Hall–Kier alpha value is -1.42. The molecule has 2 aliphatic rings. The number of carboxylic acids is 2. The number of rotatable bonds is 11. The molecule has 0 saturated heterocycles. The summed E-state index contributed by atoms with van der Waals surface area (Å²) >= 11 is 13.2. The molecule has 0 aliphatic heterocycles. The van der Waals surface area contributed by atoms with Crippen LogP contribution in [0, 0.1) is 0 Å². The van der Waals surface area contributed by atoms with Gasteiger partial charge in [-0.3, -0.25) is 9.59 Å². The lowest BCUT2D eigenvalue weighted by atomic mass is 9.84. The highest BCUT2D eigenvalue weighted by molar-refractivity contribution is 8.77. The van der Waals surface area contributed by atoms with Crippen LogP contribution in [0.2, 0.25) is 10.0 Å². The van der Waals surface area contributed by atoms with Crippen LogP contribution in [0.3, 0.4) is 0 Å². The highest BCUT2D eigenvalue weighted by Gasteiger charge is 2.29. The summed E-state index contributed by atoms with van der Waals surface area (Å²) in [4.78, 5) is 24.3. The molecule has 0 bridgehead atoms. The molecular formula is C36H54Cl2N2O4S2. The maximum Gasteiger partial charge on any atom is 0.322 e. The summed E-state index contributed by atoms with van der Waals surface area (Å²) in [6, 6.07) is 11.8. The van der Waals surface area contributed by atoms with Crippen molar-refractivity contribution >= 4 is 56.7 Å². The first kappa shape index (κ1) is 40.8. The zero-order chi connectivity index (χ0) is 34.2. The second-order valence-corrected chi connectivity index (χ2v) is 15.9. The van der Waals surface area contributed by atoms with E-state index in [4.69, 9.17) is 34.7 Å². The van der Waals surface area contributed by atoms with Gasteiger partial charge in [0.05, 0.1) is 0 Å². The molecular weight excluding hydrogens is 659 g/mol. The minimum Gasteiger partial charge on any atom is -0.480 e. The van der Waals surface area contributed by atoms with Crippen molar-refractivity contribution < 1.29 is 19.8 Å². The van der Waals surface area contributed by atoms with Crippen LogP contribution in [0.4, 0.5) is 0 Å². The highest BCUT2D eigenvalue weighted by Crippen LogP contribution is 2.48. The van der Waals surface area contributed by atoms with Gasteiger partial charge in [-0.2, -0.15) is 0 Å². The smallest absolute Gasteiger partial charge is 0.322 e. The minimum absolute atomic E-state index is 0.384. The molecule has 2 fully saturated rings. The van der Waals surface area contributed by atoms with Gasteiger partial charge >= 0.3 is 11.9 Å². The van der Waals surface area contributed by atoms with Crippen LogP contribution in [-0.2, 0) is 9.59 Å². The Labute approximate surface area is 294 Å². The Morgan fingerprint density at radius 2 is 1.00 bits per heavy atom. The summed E-state index contributed by atoms with van der Waals surface area (Å²) in [7, 11) is 2.07. The standard InChI is InChI=1S/C28H32Cl2O4S2.2C4H11N/c29-23-15-19(11-13-21(23)17-7-3-1-4-8-17)25(27(31)32)35-36-26(28(33)34)20-12-14-22(24(30)16-20)18-9-5-2-6-10-18;2*1-3-4(2)5/h11-18,25-26H,1-10H2,(H,31,32)(H,33,34);2*4H,3,5H2,1-2H3. The van der Waals surface area contributed by atoms with Crippen molar-refractivity contribution in [3.8, 4) is 0 Å². The average Bonchev–Trinajstić information content (AvgIpc) is 3.04. The Bertz CT molecular complexity index is 1120. The van der Waals surface area contributed by atoms with E-state index in [0.717, 1.165) is 71.2 Å². The monoisotopic (exact) mass is 712 g/mol. The zero-order valence-electron chi connectivity index (χ0n) is 27.9. The van der Waals surface area contributed by atoms with Crippen LogP contribution in [0.5, 0.6) is 0 Å². The molecule has 4 rings (SSSR count). The van der Waals surface area contributed by atoms with Crippen molar-refractivity contribution in [3.05, 3.63) is 68.7 Å². The zero-order valence-corrected chi connectivity index (χ0v) is 31.0. The topological polar surface area (TPSA) is 127 Å². The van der Waals surface area contributed by atoms with E-state index in [1.165, 1.54) is 38.5 Å². The summed E-state index contributed by atoms with van der Waals surface area (Å²) < 4.78 is 0. The average molecular weight is 714 g/mol. The SMILES string of the molecule is CCC(C)N.CCC(C)N.O=C(O)C(SSC(C(=O)O)c1ccc(C2CCCCC2)c(Cl)c1)c1ccc(C2CCCCC2)c(Cl)c1. The molecule has 6 N–H and O–H groups in total. The maximum atomic E-state index is 12.1. The van der Waals surface area contributed by atoms with E-state index >= 15 is 0 Å². The van der Waals surface area contributed by atoms with Crippen molar-refractivity contribution in [3.63, 3.8) is 0 Å². The van der Waals surface area contributed by atoms with E-state index in [2.05, 4.69) is 13.8 Å². The third-order valence-corrected chi connectivity index (χ3v) is 12.3. The second-order valence-electron chi connectivity index (χ2n) is 12.6. The lowest BCUT2D eigenvalue weighted by Gasteiger charge is -2.24. The third kappa shape index (κ3) is 13.6. The van der Waals surface area contributed by atoms with Crippen LogP contribution in [0.1, 0.15) is 149 Å². The normalized spacial score (nSPS) is 18.2. The maximum absolute atomic E-state index is 12.1. The molecule has 2 aromatic carbocycles. The second kappa shape index (κ2) is 21.5. The molecule has 0 heterocycles. The molecule has 46 heavy (non-hydrogen) atoms. The molecule has 2 saturated carbocycles. The fourth-order valence-corrected chi connectivity index (χ4v) is 8.91. The van der Waals surface area contributed by atoms with E-state index < -0.39 is 22.4 Å². The molecule has 0 spiro atoms. The molecule has 0 aromatic heterocycles. The lowest BCUT2D eigenvalue weighted by Crippen LogP contribution is -2.11. The highest BCUT2D eigenvalue weighted by atomic mass is 35.5. The van der Waals surface area contributed by atoms with E-state index in [1.807, 2.05) is 38.1 Å². The largest absolute Gasteiger partial charge is 0.480 e. The van der Waals surface area contributed by atoms with Gasteiger partial charge in [-0.1, -0.05) is 121 Å². The third-order valence-electron chi connectivity index (χ3n) is 8.73. The summed E-state index contributed by atoms with van der Waals surface area (Å²) in [5, 5.41) is 19.2. The predicted molar refractivity (Wildman–Crippen MR) is 198 cm³/mol. The first-order valence-electron chi connectivity index (χ1n) is 16.8. The molecule has 4 atom stereocenters. The molecule has 10 heteroatoms. The van der Waals surface area contributed by atoms with Crippen molar-refractivity contribution in [1.82, 2.24) is 0 Å². The van der Waals surface area contributed by atoms with Gasteiger partial charge in [0.15, 0.2) is 0 Å². The van der Waals surface area contributed by atoms with Crippen LogP contribution < -0.4 is 11.5 Å². The molecule has 0 amide bonds. The Kier molecular flexibility index (Phi) is 19.1. The summed E-state index contributed by atoms with van der Waals surface area (Å²) in [6.45, 7) is 8.15. The van der Waals surface area contributed by atoms with E-state index in [0.29, 0.717) is 45.1 Å². The first-order chi connectivity index (χ1) is 21.9. The molecule has 2 aromatic rings. The van der Waals surface area contributed by atoms with Crippen LogP contribution in [0.15, 0.2) is 36.4 Å². The molecule has 6 nitrogen and oxygen atoms in total. The van der Waals surface area contributed by atoms with E-state index in [9.17, 15) is 19.8 Å². The number of carbonyl (C=O) groups is 2. The number of hydrogen-bond donors (Lipinski definition) is 4. The summed E-state index contributed by atoms with van der Waals surface area (Å²) in [5.41, 5.74) is 13.9. The fraction of sp³-hybridized carbons (Fsp3) is 0.611. The Morgan fingerprint density at radius 3 is 1.24 bits per heavy atom. The number of halogens is 2. The van der Waals surface area contributed by atoms with Crippen LogP contribution in [0.25, 0.3) is 0 Å². The molecule has 0 radical (unpaired) electrons. The van der Waals surface area contributed by atoms with Gasteiger partial charge in [-0.25, -0.2) is 0 Å². The van der Waals surface area contributed by atoms with Gasteiger partial charge in [-0.15, -0.1) is 0 Å². The number of aliphatic carboxylic acids is 2. The predicted octanol–water partition coefficient (Wildman–Crippen LogP) is 10.9. The summed E-state index contributed by atoms with van der Waals surface area (Å²) in [5.74, 6) is -1.21. The number of nitrogens with two attached hydrogens (primary N) is 2. The Morgan fingerprint density at radius 1 is 0.696 bits per heavy atom. The van der Waals surface area contributed by atoms with Gasteiger partial charge in [0.1, 0.15) is 10.5 Å². The van der Waals surface area contributed by atoms with Crippen LogP contribution >= 0.6 is 44.8 Å².